The fraction of sp³-hybridized carbons (Fsp3) is 0.737. The second-order valence-corrected chi connectivity index (χ2v) is 8.12. The fourth-order valence-corrected chi connectivity index (χ4v) is 4.56. The standard InChI is InChI=1S/C19H26O6/c1-9(2)8-23-13-7-19(5)12(6-14(21)25-19)16(11(4)20)17-15(13)10(3)18(22)24-17/h9,12-13,15-17H,3,6-8H2,1-2,4-5H3/t12-,13-,15-,16+,17+,19-/m1/s1. The average molecular weight is 350 g/mol. The van der Waals surface area contributed by atoms with Crippen molar-refractivity contribution in [2.24, 2.45) is 23.7 Å². The second kappa shape index (κ2) is 6.24. The molecule has 0 unspecified atom stereocenters. The Morgan fingerprint density at radius 1 is 1.40 bits per heavy atom. The maximum Gasteiger partial charge on any atom is 0.334 e. The Labute approximate surface area is 147 Å². The molecular formula is C19H26O6. The first kappa shape index (κ1) is 18.1. The molecule has 2 aliphatic heterocycles. The minimum absolute atomic E-state index is 0.100. The Kier molecular flexibility index (Phi) is 4.52. The first-order valence-corrected chi connectivity index (χ1v) is 8.87. The van der Waals surface area contributed by atoms with Gasteiger partial charge < -0.3 is 14.2 Å². The molecule has 0 aromatic rings. The van der Waals surface area contributed by atoms with E-state index in [9.17, 15) is 14.4 Å². The van der Waals surface area contributed by atoms with E-state index in [-0.39, 0.29) is 36.1 Å². The van der Waals surface area contributed by atoms with E-state index in [4.69, 9.17) is 14.2 Å². The molecule has 0 N–H and O–H groups in total. The Hall–Kier alpha value is -1.69. The molecule has 1 saturated carbocycles. The molecule has 3 aliphatic rings. The highest BCUT2D eigenvalue weighted by Gasteiger charge is 2.62. The Morgan fingerprint density at radius 2 is 2.08 bits per heavy atom. The molecule has 3 fully saturated rings. The number of hydrogen-bond donors (Lipinski definition) is 0. The van der Waals surface area contributed by atoms with Crippen molar-refractivity contribution in [3.63, 3.8) is 0 Å². The largest absolute Gasteiger partial charge is 0.459 e. The van der Waals surface area contributed by atoms with E-state index in [1.54, 1.807) is 0 Å². The van der Waals surface area contributed by atoms with Crippen LogP contribution in [0.2, 0.25) is 0 Å². The number of Topliss-reactive ketones (excluding diaryl/α,β-unsaturated/α-hetero) is 1. The Balaban J connectivity index is 2.03. The van der Waals surface area contributed by atoms with Crippen molar-refractivity contribution in [2.45, 2.75) is 58.3 Å². The van der Waals surface area contributed by atoms with E-state index in [1.807, 2.05) is 20.8 Å². The van der Waals surface area contributed by atoms with Crippen molar-refractivity contribution in [3.05, 3.63) is 12.2 Å². The van der Waals surface area contributed by atoms with Crippen molar-refractivity contribution < 1.29 is 28.6 Å². The summed E-state index contributed by atoms with van der Waals surface area (Å²) in [5.74, 6) is -1.88. The van der Waals surface area contributed by atoms with Gasteiger partial charge in [-0.05, 0) is 19.8 Å². The topological polar surface area (TPSA) is 78.9 Å². The summed E-state index contributed by atoms with van der Waals surface area (Å²) >= 11 is 0. The molecule has 6 atom stereocenters. The zero-order valence-electron chi connectivity index (χ0n) is 15.2. The van der Waals surface area contributed by atoms with Crippen LogP contribution < -0.4 is 0 Å². The summed E-state index contributed by atoms with van der Waals surface area (Å²) in [7, 11) is 0. The zero-order valence-corrected chi connectivity index (χ0v) is 15.2. The Bertz CT molecular complexity index is 623. The van der Waals surface area contributed by atoms with Gasteiger partial charge in [-0.15, -0.1) is 0 Å². The molecule has 2 heterocycles. The minimum atomic E-state index is -0.800. The van der Waals surface area contributed by atoms with E-state index in [2.05, 4.69) is 6.58 Å². The summed E-state index contributed by atoms with van der Waals surface area (Å²) < 4.78 is 17.3. The molecule has 1 aliphatic carbocycles. The number of esters is 2. The van der Waals surface area contributed by atoms with Crippen molar-refractivity contribution in [1.29, 1.82) is 0 Å². The van der Waals surface area contributed by atoms with E-state index >= 15 is 0 Å². The number of carbonyl (C=O) groups is 3. The summed E-state index contributed by atoms with van der Waals surface area (Å²) in [6.45, 7) is 11.8. The highest BCUT2D eigenvalue weighted by molar-refractivity contribution is 5.92. The third-order valence-corrected chi connectivity index (χ3v) is 5.69. The number of hydrogen-bond acceptors (Lipinski definition) is 6. The summed E-state index contributed by atoms with van der Waals surface area (Å²) in [6, 6.07) is 0. The zero-order chi connectivity index (χ0) is 18.5. The fourth-order valence-electron chi connectivity index (χ4n) is 4.56. The Morgan fingerprint density at radius 3 is 2.68 bits per heavy atom. The third-order valence-electron chi connectivity index (χ3n) is 5.69. The van der Waals surface area contributed by atoms with Gasteiger partial charge >= 0.3 is 11.9 Å². The van der Waals surface area contributed by atoms with Gasteiger partial charge in [0.25, 0.3) is 0 Å². The molecule has 0 spiro atoms. The lowest BCUT2D eigenvalue weighted by Gasteiger charge is -2.33. The molecule has 25 heavy (non-hydrogen) atoms. The van der Waals surface area contributed by atoms with Gasteiger partial charge in [-0.1, -0.05) is 20.4 Å². The predicted molar refractivity (Wildman–Crippen MR) is 88.5 cm³/mol. The summed E-state index contributed by atoms with van der Waals surface area (Å²) in [5, 5.41) is 0. The monoisotopic (exact) mass is 350 g/mol. The minimum Gasteiger partial charge on any atom is -0.459 e. The van der Waals surface area contributed by atoms with Gasteiger partial charge in [0, 0.05) is 24.5 Å². The third kappa shape index (κ3) is 3.01. The highest BCUT2D eigenvalue weighted by atomic mass is 16.6. The lowest BCUT2D eigenvalue weighted by molar-refractivity contribution is -0.153. The average Bonchev–Trinajstić information content (AvgIpc) is 2.90. The molecule has 138 valence electrons. The van der Waals surface area contributed by atoms with Crippen LogP contribution in [0.25, 0.3) is 0 Å². The number of ether oxygens (including phenoxy) is 3. The van der Waals surface area contributed by atoms with Crippen molar-refractivity contribution in [3.8, 4) is 0 Å². The van der Waals surface area contributed by atoms with Gasteiger partial charge in [0.05, 0.1) is 24.4 Å². The van der Waals surface area contributed by atoms with Crippen LogP contribution in [0, 0.1) is 23.7 Å². The first-order valence-electron chi connectivity index (χ1n) is 8.87. The lowest BCUT2D eigenvalue weighted by Crippen LogP contribution is -2.42. The van der Waals surface area contributed by atoms with E-state index in [0.717, 1.165) is 0 Å². The van der Waals surface area contributed by atoms with Crippen molar-refractivity contribution >= 4 is 17.7 Å². The predicted octanol–water partition coefficient (Wildman–Crippen LogP) is 2.06. The summed E-state index contributed by atoms with van der Waals surface area (Å²) in [4.78, 5) is 36.6. The normalized spacial score (nSPS) is 40.4. The van der Waals surface area contributed by atoms with Gasteiger partial charge in [-0.2, -0.15) is 0 Å². The lowest BCUT2D eigenvalue weighted by atomic mass is 9.74. The highest BCUT2D eigenvalue weighted by Crippen LogP contribution is 2.52. The first-order chi connectivity index (χ1) is 11.6. The molecular weight excluding hydrogens is 324 g/mol. The van der Waals surface area contributed by atoms with Crippen LogP contribution in [0.3, 0.4) is 0 Å². The van der Waals surface area contributed by atoms with Gasteiger partial charge in [0.1, 0.15) is 17.5 Å². The van der Waals surface area contributed by atoms with Crippen LogP contribution in [0.1, 0.15) is 40.5 Å². The van der Waals surface area contributed by atoms with Gasteiger partial charge in [0.15, 0.2) is 0 Å². The molecule has 0 aromatic heterocycles. The molecule has 6 nitrogen and oxygen atoms in total. The number of ketones is 1. The maximum absolute atomic E-state index is 12.4. The maximum atomic E-state index is 12.4. The smallest absolute Gasteiger partial charge is 0.334 e. The van der Waals surface area contributed by atoms with Crippen molar-refractivity contribution in [1.82, 2.24) is 0 Å². The quantitative estimate of drug-likeness (QED) is 0.570. The van der Waals surface area contributed by atoms with Crippen LogP contribution in [0.4, 0.5) is 0 Å². The van der Waals surface area contributed by atoms with Crippen molar-refractivity contribution in [2.75, 3.05) is 6.61 Å². The summed E-state index contributed by atoms with van der Waals surface area (Å²) in [5.41, 5.74) is -0.452. The SMILES string of the molecule is C=C1C(=O)O[C@@H]2[C@@H](C(C)=O)[C@H]3CC(=O)O[C@]3(C)C[C@@H](OCC(C)C)[C@@H]12. The molecule has 0 bridgehead atoms. The van der Waals surface area contributed by atoms with Crippen LogP contribution in [-0.2, 0) is 28.6 Å². The van der Waals surface area contributed by atoms with Gasteiger partial charge in [-0.25, -0.2) is 4.79 Å². The van der Waals surface area contributed by atoms with E-state index in [1.165, 1.54) is 6.92 Å². The van der Waals surface area contributed by atoms with E-state index in [0.29, 0.717) is 24.5 Å². The summed E-state index contributed by atoms with van der Waals surface area (Å²) in [6.07, 6.45) is -0.438. The number of rotatable bonds is 4. The van der Waals surface area contributed by atoms with E-state index < -0.39 is 23.6 Å². The van der Waals surface area contributed by atoms with Gasteiger partial charge in [0.2, 0.25) is 0 Å². The molecule has 6 heteroatoms. The van der Waals surface area contributed by atoms with Crippen LogP contribution in [-0.4, -0.2) is 42.1 Å². The molecule has 0 aromatic carbocycles. The number of fused-ring (bicyclic) bond motifs is 2. The van der Waals surface area contributed by atoms with Gasteiger partial charge in [-0.3, -0.25) is 9.59 Å². The second-order valence-electron chi connectivity index (χ2n) is 8.12. The van der Waals surface area contributed by atoms with Crippen LogP contribution in [0.15, 0.2) is 12.2 Å². The molecule has 0 radical (unpaired) electrons. The van der Waals surface area contributed by atoms with Crippen LogP contribution >= 0.6 is 0 Å². The number of carbonyl (C=O) groups excluding carboxylic acids is 3. The van der Waals surface area contributed by atoms with Crippen LogP contribution in [0.5, 0.6) is 0 Å². The molecule has 3 rings (SSSR count). The molecule has 2 saturated heterocycles. The molecule has 0 amide bonds.